The van der Waals surface area contributed by atoms with Gasteiger partial charge in [0.15, 0.2) is 11.5 Å². The van der Waals surface area contributed by atoms with Gasteiger partial charge in [0.25, 0.3) is 11.8 Å². The SMILES string of the molecule is CCc1ccc2c(c1)C1(CCN(C(=O)c3ccc(C#Cc4ccccc4)o3)CC1)N(Cc1ccc(OC)cc1OC)C2=O. The van der Waals surface area contributed by atoms with E-state index in [0.29, 0.717) is 49.7 Å². The molecule has 0 N–H and O–H groups in total. The maximum absolute atomic E-state index is 14.0. The fourth-order valence-corrected chi connectivity index (χ4v) is 6.19. The van der Waals surface area contributed by atoms with E-state index in [2.05, 4.69) is 24.8 Å². The molecule has 0 unspecified atom stereocenters. The van der Waals surface area contributed by atoms with E-state index < -0.39 is 5.54 Å². The molecule has 1 aromatic heterocycles. The van der Waals surface area contributed by atoms with Gasteiger partial charge in [-0.05, 0) is 78.8 Å². The van der Waals surface area contributed by atoms with Crippen molar-refractivity contribution in [3.8, 4) is 23.3 Å². The van der Waals surface area contributed by atoms with Gasteiger partial charge < -0.3 is 23.7 Å². The lowest BCUT2D eigenvalue weighted by Crippen LogP contribution is -2.52. The summed E-state index contributed by atoms with van der Waals surface area (Å²) in [7, 11) is 3.24. The Morgan fingerprint density at radius 1 is 0.930 bits per heavy atom. The zero-order valence-electron chi connectivity index (χ0n) is 24.7. The summed E-state index contributed by atoms with van der Waals surface area (Å²) < 4.78 is 16.9. The first-order valence-electron chi connectivity index (χ1n) is 14.6. The minimum absolute atomic E-state index is 0.00275. The molecule has 0 radical (unpaired) electrons. The van der Waals surface area contributed by atoms with Gasteiger partial charge in [-0.1, -0.05) is 43.2 Å². The summed E-state index contributed by atoms with van der Waals surface area (Å²) in [5.74, 6) is 7.98. The fourth-order valence-electron chi connectivity index (χ4n) is 6.19. The number of benzene rings is 3. The predicted molar refractivity (Wildman–Crippen MR) is 163 cm³/mol. The Kier molecular flexibility index (Phi) is 7.69. The van der Waals surface area contributed by atoms with Crippen molar-refractivity contribution in [2.75, 3.05) is 27.3 Å². The number of piperidine rings is 1. The second-order valence-corrected chi connectivity index (χ2v) is 10.9. The smallest absolute Gasteiger partial charge is 0.289 e. The maximum Gasteiger partial charge on any atom is 0.289 e. The number of fused-ring (bicyclic) bond motifs is 2. The number of likely N-dealkylation sites (tertiary alicyclic amines) is 1. The van der Waals surface area contributed by atoms with E-state index in [-0.39, 0.29) is 17.6 Å². The van der Waals surface area contributed by atoms with Gasteiger partial charge in [0, 0.05) is 35.8 Å². The van der Waals surface area contributed by atoms with Crippen LogP contribution in [0.25, 0.3) is 0 Å². The average Bonchev–Trinajstić information content (AvgIpc) is 3.62. The minimum atomic E-state index is -0.533. The molecule has 3 aromatic carbocycles. The molecule has 218 valence electrons. The number of ether oxygens (including phenoxy) is 2. The van der Waals surface area contributed by atoms with Crippen molar-refractivity contribution in [3.05, 3.63) is 118 Å². The summed E-state index contributed by atoms with van der Waals surface area (Å²) in [5, 5.41) is 0. The number of amides is 2. The maximum atomic E-state index is 14.0. The number of carbonyl (C=O) groups excluding carboxylic acids is 2. The van der Waals surface area contributed by atoms with Crippen LogP contribution in [-0.2, 0) is 18.5 Å². The van der Waals surface area contributed by atoms with Crippen molar-refractivity contribution in [1.29, 1.82) is 0 Å². The first kappa shape index (κ1) is 28.2. The van der Waals surface area contributed by atoms with Gasteiger partial charge in [0.1, 0.15) is 11.5 Å². The number of carbonyl (C=O) groups is 2. The molecule has 7 heteroatoms. The lowest BCUT2D eigenvalue weighted by molar-refractivity contribution is 0.0212. The molecule has 2 aliphatic heterocycles. The number of furan rings is 1. The van der Waals surface area contributed by atoms with Gasteiger partial charge in [-0.2, -0.15) is 0 Å². The van der Waals surface area contributed by atoms with E-state index in [0.717, 1.165) is 28.7 Å². The zero-order chi connectivity index (χ0) is 30.0. The van der Waals surface area contributed by atoms with Gasteiger partial charge in [0.2, 0.25) is 0 Å². The van der Waals surface area contributed by atoms with E-state index in [1.165, 1.54) is 5.56 Å². The molecule has 2 amide bonds. The highest BCUT2D eigenvalue weighted by Crippen LogP contribution is 2.48. The van der Waals surface area contributed by atoms with Crippen LogP contribution in [0.2, 0.25) is 0 Å². The molecule has 0 bridgehead atoms. The normalized spacial score (nSPS) is 15.2. The van der Waals surface area contributed by atoms with Crippen LogP contribution in [0.1, 0.15) is 68.7 Å². The Bertz CT molecular complexity index is 1720. The van der Waals surface area contributed by atoms with E-state index >= 15 is 0 Å². The number of nitrogens with zero attached hydrogens (tertiary/aromatic N) is 2. The number of aryl methyl sites for hydroxylation is 1. The van der Waals surface area contributed by atoms with Crippen molar-refractivity contribution in [1.82, 2.24) is 9.80 Å². The van der Waals surface area contributed by atoms with E-state index in [1.54, 1.807) is 26.4 Å². The molecule has 3 heterocycles. The molecule has 6 rings (SSSR count). The molecule has 1 spiro atoms. The Morgan fingerprint density at radius 2 is 1.72 bits per heavy atom. The molecule has 0 saturated carbocycles. The van der Waals surface area contributed by atoms with Gasteiger partial charge in [-0.25, -0.2) is 0 Å². The molecule has 1 fully saturated rings. The highest BCUT2D eigenvalue weighted by atomic mass is 16.5. The molecule has 1 saturated heterocycles. The third-order valence-electron chi connectivity index (χ3n) is 8.61. The van der Waals surface area contributed by atoms with Crippen LogP contribution >= 0.6 is 0 Å². The summed E-state index contributed by atoms with van der Waals surface area (Å²) >= 11 is 0. The van der Waals surface area contributed by atoms with Crippen molar-refractivity contribution in [2.45, 2.75) is 38.3 Å². The summed E-state index contributed by atoms with van der Waals surface area (Å²) in [6.45, 7) is 3.49. The number of rotatable bonds is 6. The van der Waals surface area contributed by atoms with Crippen molar-refractivity contribution in [3.63, 3.8) is 0 Å². The van der Waals surface area contributed by atoms with Crippen molar-refractivity contribution < 1.29 is 23.5 Å². The summed E-state index contributed by atoms with van der Waals surface area (Å²) in [6, 6.07) is 24.9. The largest absolute Gasteiger partial charge is 0.497 e. The number of hydrogen-bond acceptors (Lipinski definition) is 5. The monoisotopic (exact) mass is 574 g/mol. The lowest BCUT2D eigenvalue weighted by atomic mass is 9.79. The number of methoxy groups -OCH3 is 2. The molecular weight excluding hydrogens is 540 g/mol. The quantitative estimate of drug-likeness (QED) is 0.262. The molecule has 2 aliphatic rings. The second-order valence-electron chi connectivity index (χ2n) is 10.9. The van der Waals surface area contributed by atoms with Crippen LogP contribution in [0.15, 0.2) is 83.3 Å². The molecular formula is C36H34N2O5. The molecule has 0 atom stereocenters. The van der Waals surface area contributed by atoms with Crippen molar-refractivity contribution >= 4 is 11.8 Å². The fraction of sp³-hybridized carbons (Fsp3) is 0.278. The van der Waals surface area contributed by atoms with Crippen LogP contribution in [0.3, 0.4) is 0 Å². The third kappa shape index (κ3) is 5.25. The average molecular weight is 575 g/mol. The minimum Gasteiger partial charge on any atom is -0.497 e. The van der Waals surface area contributed by atoms with Crippen LogP contribution in [0.4, 0.5) is 0 Å². The van der Waals surface area contributed by atoms with Gasteiger partial charge in [-0.3, -0.25) is 9.59 Å². The molecule has 0 aliphatic carbocycles. The first-order valence-corrected chi connectivity index (χ1v) is 14.6. The van der Waals surface area contributed by atoms with Gasteiger partial charge >= 0.3 is 0 Å². The van der Waals surface area contributed by atoms with E-state index in [1.807, 2.05) is 70.5 Å². The molecule has 4 aromatic rings. The lowest BCUT2D eigenvalue weighted by Gasteiger charge is -2.45. The Morgan fingerprint density at radius 3 is 2.44 bits per heavy atom. The Labute approximate surface area is 252 Å². The standard InChI is InChI=1S/C36H34N2O5/c1-4-25-11-16-30-31(22-25)36(38(34(30)39)24-27-12-14-29(41-2)23-33(27)42-3)18-20-37(21-19-36)35(40)32-17-15-28(43-32)13-10-26-8-6-5-7-9-26/h5-9,11-12,14-17,22-23H,4,18-21,24H2,1-3H3. The Balaban J connectivity index is 1.26. The highest BCUT2D eigenvalue weighted by molar-refractivity contribution is 6.00. The van der Waals surface area contributed by atoms with Crippen LogP contribution in [0, 0.1) is 11.8 Å². The first-order chi connectivity index (χ1) is 21.0. The summed E-state index contributed by atoms with van der Waals surface area (Å²) in [5.41, 5.74) is 4.22. The van der Waals surface area contributed by atoms with Crippen LogP contribution in [-0.4, -0.2) is 48.9 Å². The summed E-state index contributed by atoms with van der Waals surface area (Å²) in [4.78, 5) is 31.2. The Hall–Kier alpha value is -4.96. The van der Waals surface area contributed by atoms with Gasteiger partial charge in [-0.15, -0.1) is 0 Å². The molecule has 7 nitrogen and oxygen atoms in total. The van der Waals surface area contributed by atoms with Crippen LogP contribution in [0.5, 0.6) is 11.5 Å². The van der Waals surface area contributed by atoms with Crippen LogP contribution < -0.4 is 9.47 Å². The predicted octanol–water partition coefficient (Wildman–Crippen LogP) is 6.05. The zero-order valence-corrected chi connectivity index (χ0v) is 24.7. The number of hydrogen-bond donors (Lipinski definition) is 0. The van der Waals surface area contributed by atoms with E-state index in [4.69, 9.17) is 13.9 Å². The topological polar surface area (TPSA) is 72.2 Å². The van der Waals surface area contributed by atoms with E-state index in [9.17, 15) is 9.59 Å². The molecule has 43 heavy (non-hydrogen) atoms. The highest BCUT2D eigenvalue weighted by Gasteiger charge is 2.51. The summed E-state index contributed by atoms with van der Waals surface area (Å²) in [6.07, 6.45) is 2.11. The third-order valence-corrected chi connectivity index (χ3v) is 8.61. The van der Waals surface area contributed by atoms with Crippen molar-refractivity contribution in [2.24, 2.45) is 0 Å². The van der Waals surface area contributed by atoms with Gasteiger partial charge in [0.05, 0.1) is 26.3 Å². The second kappa shape index (κ2) is 11.7.